The van der Waals surface area contributed by atoms with E-state index in [9.17, 15) is 4.79 Å². The summed E-state index contributed by atoms with van der Waals surface area (Å²) in [6.07, 6.45) is 4.47. The van der Waals surface area contributed by atoms with Gasteiger partial charge in [-0.3, -0.25) is 0 Å². The number of alkyl carbamates (subject to hydrolysis) is 1. The Bertz CT molecular complexity index is 1520. The van der Waals surface area contributed by atoms with E-state index in [1.165, 1.54) is 22.3 Å². The van der Waals surface area contributed by atoms with Crippen molar-refractivity contribution in [2.75, 3.05) is 13.2 Å². The molecule has 4 aromatic carbocycles. The van der Waals surface area contributed by atoms with Crippen LogP contribution in [0.4, 0.5) is 4.79 Å². The summed E-state index contributed by atoms with van der Waals surface area (Å²) in [7, 11) is 0. The van der Waals surface area contributed by atoms with Gasteiger partial charge in [-0.05, 0) is 52.4 Å². The van der Waals surface area contributed by atoms with Crippen molar-refractivity contribution in [1.29, 1.82) is 0 Å². The van der Waals surface area contributed by atoms with Crippen LogP contribution in [0.1, 0.15) is 29.0 Å². The van der Waals surface area contributed by atoms with Gasteiger partial charge in [-0.25, -0.2) is 4.79 Å². The van der Waals surface area contributed by atoms with Gasteiger partial charge in [0, 0.05) is 23.2 Å². The molecule has 1 amide bonds. The number of fused-ring (bicyclic) bond motifs is 6. The van der Waals surface area contributed by atoms with E-state index in [4.69, 9.17) is 9.15 Å². The lowest BCUT2D eigenvalue weighted by Crippen LogP contribution is -2.26. The van der Waals surface area contributed by atoms with Crippen LogP contribution in [-0.2, 0) is 4.74 Å². The summed E-state index contributed by atoms with van der Waals surface area (Å²) >= 11 is 0. The first-order valence-corrected chi connectivity index (χ1v) is 11.9. The number of benzene rings is 4. The van der Waals surface area contributed by atoms with Gasteiger partial charge >= 0.3 is 6.09 Å². The summed E-state index contributed by atoms with van der Waals surface area (Å²) < 4.78 is 11.5. The van der Waals surface area contributed by atoms with Crippen LogP contribution in [0.3, 0.4) is 0 Å². The minimum absolute atomic E-state index is 0.0713. The molecule has 1 N–H and O–H groups in total. The van der Waals surface area contributed by atoms with Crippen molar-refractivity contribution in [1.82, 2.24) is 5.32 Å². The highest BCUT2D eigenvalue weighted by atomic mass is 16.5. The van der Waals surface area contributed by atoms with Crippen molar-refractivity contribution in [3.8, 4) is 11.1 Å². The van der Waals surface area contributed by atoms with Gasteiger partial charge in [0.05, 0.1) is 0 Å². The van der Waals surface area contributed by atoms with Crippen LogP contribution in [-0.4, -0.2) is 19.2 Å². The molecule has 0 unspecified atom stereocenters. The Labute approximate surface area is 203 Å². The molecule has 0 radical (unpaired) electrons. The number of hydrogen-bond donors (Lipinski definition) is 1. The topological polar surface area (TPSA) is 51.5 Å². The van der Waals surface area contributed by atoms with Crippen molar-refractivity contribution >= 4 is 34.1 Å². The van der Waals surface area contributed by atoms with Crippen molar-refractivity contribution < 1.29 is 13.9 Å². The SMILES string of the molecule is O=C(NCCC=Cc1ccc2oc3ccccc3c2c1)OCC1c2ccccc2-c2ccccc21. The summed E-state index contributed by atoms with van der Waals surface area (Å²) in [5.41, 5.74) is 7.77. The van der Waals surface area contributed by atoms with Crippen LogP contribution in [0.5, 0.6) is 0 Å². The molecular formula is C31H25NO3. The molecule has 1 aliphatic rings. The van der Waals surface area contributed by atoms with Crippen molar-refractivity contribution in [3.05, 3.63) is 114 Å². The third-order valence-corrected chi connectivity index (χ3v) is 6.64. The van der Waals surface area contributed by atoms with Gasteiger partial charge in [-0.15, -0.1) is 0 Å². The molecule has 0 fully saturated rings. The Balaban J connectivity index is 1.03. The summed E-state index contributed by atoms with van der Waals surface area (Å²) in [4.78, 5) is 12.3. The normalized spacial score (nSPS) is 12.8. The highest BCUT2D eigenvalue weighted by Gasteiger charge is 2.28. The molecule has 0 aliphatic heterocycles. The van der Waals surface area contributed by atoms with Crippen LogP contribution in [0.25, 0.3) is 39.1 Å². The van der Waals surface area contributed by atoms with E-state index in [1.807, 2.05) is 42.5 Å². The number of rotatable bonds is 6. The lowest BCUT2D eigenvalue weighted by molar-refractivity contribution is 0.143. The molecule has 0 bridgehead atoms. The number of hydrogen-bond acceptors (Lipinski definition) is 3. The first-order chi connectivity index (χ1) is 17.3. The van der Waals surface area contributed by atoms with Gasteiger partial charge < -0.3 is 14.5 Å². The van der Waals surface area contributed by atoms with E-state index in [-0.39, 0.29) is 12.0 Å². The first kappa shape index (κ1) is 21.2. The van der Waals surface area contributed by atoms with E-state index in [2.05, 4.69) is 66.0 Å². The van der Waals surface area contributed by atoms with Gasteiger partial charge in [0.2, 0.25) is 0 Å². The predicted octanol–water partition coefficient (Wildman–Crippen LogP) is 7.53. The lowest BCUT2D eigenvalue weighted by Gasteiger charge is -2.14. The van der Waals surface area contributed by atoms with Crippen molar-refractivity contribution in [3.63, 3.8) is 0 Å². The second-order valence-corrected chi connectivity index (χ2v) is 8.80. The fraction of sp³-hybridized carbons (Fsp3) is 0.129. The van der Waals surface area contributed by atoms with Gasteiger partial charge in [-0.1, -0.05) is 84.9 Å². The monoisotopic (exact) mass is 459 g/mol. The number of ether oxygens (including phenoxy) is 1. The summed E-state index contributed by atoms with van der Waals surface area (Å²) in [6, 6.07) is 30.9. The zero-order valence-electron chi connectivity index (χ0n) is 19.2. The molecule has 1 aromatic heterocycles. The molecule has 0 spiro atoms. The van der Waals surface area contributed by atoms with E-state index >= 15 is 0 Å². The number of para-hydroxylation sites is 1. The van der Waals surface area contributed by atoms with Crippen LogP contribution in [0.15, 0.2) is 101 Å². The second kappa shape index (κ2) is 9.15. The Hall–Kier alpha value is -4.31. The van der Waals surface area contributed by atoms with Crippen LogP contribution < -0.4 is 5.32 Å². The molecule has 172 valence electrons. The largest absolute Gasteiger partial charge is 0.456 e. The Morgan fingerprint density at radius 1 is 0.829 bits per heavy atom. The van der Waals surface area contributed by atoms with Crippen molar-refractivity contribution in [2.45, 2.75) is 12.3 Å². The quantitative estimate of drug-likeness (QED) is 0.267. The highest BCUT2D eigenvalue weighted by Crippen LogP contribution is 2.44. The zero-order chi connectivity index (χ0) is 23.6. The number of amides is 1. The Morgan fingerprint density at radius 3 is 2.31 bits per heavy atom. The fourth-order valence-electron chi connectivity index (χ4n) is 4.97. The molecule has 0 saturated carbocycles. The molecule has 4 heteroatoms. The highest BCUT2D eigenvalue weighted by molar-refractivity contribution is 6.05. The van der Waals surface area contributed by atoms with Crippen LogP contribution >= 0.6 is 0 Å². The van der Waals surface area contributed by atoms with Crippen LogP contribution in [0.2, 0.25) is 0 Å². The number of nitrogens with one attached hydrogen (secondary N) is 1. The van der Waals surface area contributed by atoms with Crippen LogP contribution in [0, 0.1) is 0 Å². The Kier molecular flexibility index (Phi) is 5.55. The summed E-state index contributed by atoms with van der Waals surface area (Å²) in [5, 5.41) is 5.09. The van der Waals surface area contributed by atoms with Crippen molar-refractivity contribution in [2.24, 2.45) is 0 Å². The summed E-state index contributed by atoms with van der Waals surface area (Å²) in [5.74, 6) is 0.0713. The molecule has 1 aliphatic carbocycles. The minimum Gasteiger partial charge on any atom is -0.456 e. The number of furan rings is 1. The second-order valence-electron chi connectivity index (χ2n) is 8.80. The lowest BCUT2D eigenvalue weighted by atomic mass is 9.98. The molecule has 5 aromatic rings. The standard InChI is InChI=1S/C31H25NO3/c33-31(34-20-28-24-12-3-1-10-22(24)23-11-2-4-13-25(23)28)32-18-8-7-9-21-16-17-30-27(19-21)26-14-5-6-15-29(26)35-30/h1-7,9-17,19,28H,8,18,20H2,(H,32,33). The smallest absolute Gasteiger partial charge is 0.407 e. The average Bonchev–Trinajstić information content (AvgIpc) is 3.43. The molecule has 0 saturated heterocycles. The molecule has 1 heterocycles. The Morgan fingerprint density at radius 2 is 1.51 bits per heavy atom. The predicted molar refractivity (Wildman–Crippen MR) is 140 cm³/mol. The molecule has 35 heavy (non-hydrogen) atoms. The van der Waals surface area contributed by atoms with E-state index in [1.54, 1.807) is 0 Å². The van der Waals surface area contributed by atoms with E-state index in [0.717, 1.165) is 27.5 Å². The zero-order valence-corrected chi connectivity index (χ0v) is 19.2. The average molecular weight is 460 g/mol. The van der Waals surface area contributed by atoms with E-state index < -0.39 is 0 Å². The maximum absolute atomic E-state index is 12.3. The third-order valence-electron chi connectivity index (χ3n) is 6.64. The first-order valence-electron chi connectivity index (χ1n) is 11.9. The molecule has 4 nitrogen and oxygen atoms in total. The number of carbonyl (C=O) groups excluding carboxylic acids is 1. The van der Waals surface area contributed by atoms with Gasteiger partial charge in [0.25, 0.3) is 0 Å². The molecule has 0 atom stereocenters. The molecule has 6 rings (SSSR count). The third kappa shape index (κ3) is 4.08. The minimum atomic E-state index is -0.383. The molecular weight excluding hydrogens is 434 g/mol. The van der Waals surface area contributed by atoms with Gasteiger partial charge in [-0.2, -0.15) is 0 Å². The number of carbonyl (C=O) groups is 1. The maximum Gasteiger partial charge on any atom is 0.407 e. The summed E-state index contributed by atoms with van der Waals surface area (Å²) in [6.45, 7) is 0.846. The van der Waals surface area contributed by atoms with Gasteiger partial charge in [0.1, 0.15) is 17.8 Å². The fourth-order valence-corrected chi connectivity index (χ4v) is 4.97. The van der Waals surface area contributed by atoms with E-state index in [0.29, 0.717) is 19.6 Å². The van der Waals surface area contributed by atoms with Gasteiger partial charge in [0.15, 0.2) is 0 Å². The maximum atomic E-state index is 12.3.